The molecule has 2 aliphatic rings. The number of ether oxygens (including phenoxy) is 5. The summed E-state index contributed by atoms with van der Waals surface area (Å²) in [6, 6.07) is 51.1. The number of nitrogens with zero attached hydrogens (tertiary/aromatic N) is 11. The summed E-state index contributed by atoms with van der Waals surface area (Å²) >= 11 is 0. The second-order valence-corrected chi connectivity index (χ2v) is 23.3. The van der Waals surface area contributed by atoms with Crippen LogP contribution in [0.3, 0.4) is 0 Å². The number of sulfone groups is 1. The van der Waals surface area contributed by atoms with Crippen LogP contribution in [0.1, 0.15) is 82.2 Å². The van der Waals surface area contributed by atoms with E-state index in [-0.39, 0.29) is 17.7 Å². The number of aromatic nitrogens is 10. The van der Waals surface area contributed by atoms with Crippen LogP contribution in [0, 0.1) is 0 Å². The summed E-state index contributed by atoms with van der Waals surface area (Å²) in [5, 5.41) is 22.8. The topological polar surface area (TPSA) is 235 Å². The SMILES string of the molecule is COc1cc2c(cc1OCc1ccccc1)CCN(C(=O)OC(C)(C)C)C2CS(=O)(=O)c1nnnn1-c1ccccc1.COc1cc2c(cc1OCc1ccccc1)CCNC2/C=C/c1ccc(-n2cncn2)cc1.O=Cc1ccc(-n2cncn2)cc1. The first kappa shape index (κ1) is 60.8. The van der Waals surface area contributed by atoms with Gasteiger partial charge in [-0.2, -0.15) is 14.9 Å². The lowest BCUT2D eigenvalue weighted by atomic mass is 9.93. The molecule has 0 spiro atoms. The predicted octanol–water partition coefficient (Wildman–Crippen LogP) is 10.4. The Hall–Kier alpha value is -10.3. The Morgan fingerprint density at radius 3 is 1.70 bits per heavy atom. The van der Waals surface area contributed by atoms with Crippen molar-refractivity contribution in [3.8, 4) is 40.1 Å². The van der Waals surface area contributed by atoms with Crippen LogP contribution in [0.15, 0.2) is 200 Å². The van der Waals surface area contributed by atoms with Crippen molar-refractivity contribution >= 4 is 28.3 Å². The van der Waals surface area contributed by atoms with Crippen molar-refractivity contribution in [2.75, 3.05) is 33.1 Å². The van der Waals surface area contributed by atoms with Crippen molar-refractivity contribution in [2.24, 2.45) is 0 Å². The quantitative estimate of drug-likeness (QED) is 0.0835. The third kappa shape index (κ3) is 15.4. The number of tetrazole rings is 1. The number of rotatable bonds is 17. The lowest BCUT2D eigenvalue weighted by molar-refractivity contribution is 0.0162. The van der Waals surface area contributed by atoms with E-state index in [9.17, 15) is 18.0 Å². The monoisotopic (exact) mass is 1200 g/mol. The summed E-state index contributed by atoms with van der Waals surface area (Å²) in [6.07, 6.45) is 12.3. The van der Waals surface area contributed by atoms with E-state index in [0.29, 0.717) is 47.9 Å². The minimum Gasteiger partial charge on any atom is -0.493 e. The van der Waals surface area contributed by atoms with Gasteiger partial charge in [0, 0.05) is 18.7 Å². The first-order chi connectivity index (χ1) is 42.7. The van der Waals surface area contributed by atoms with E-state index in [0.717, 1.165) is 64.4 Å². The molecule has 22 heteroatoms. The van der Waals surface area contributed by atoms with Crippen LogP contribution in [0.4, 0.5) is 4.79 Å². The number of methoxy groups -OCH3 is 2. The number of benzene rings is 7. The molecular formula is C66H66N12O9S. The lowest BCUT2D eigenvalue weighted by Crippen LogP contribution is -2.45. The molecule has 1 amide bonds. The molecule has 0 saturated carbocycles. The summed E-state index contributed by atoms with van der Waals surface area (Å²) in [4.78, 5) is 33.0. The van der Waals surface area contributed by atoms with Crippen molar-refractivity contribution in [1.29, 1.82) is 0 Å². The molecule has 88 heavy (non-hydrogen) atoms. The summed E-state index contributed by atoms with van der Waals surface area (Å²) in [5.41, 5.74) is 9.49. The molecule has 0 saturated heterocycles. The van der Waals surface area contributed by atoms with Crippen molar-refractivity contribution in [3.63, 3.8) is 0 Å². The van der Waals surface area contributed by atoms with Crippen LogP contribution in [-0.4, -0.2) is 114 Å². The summed E-state index contributed by atoms with van der Waals surface area (Å²) < 4.78 is 61.6. The van der Waals surface area contributed by atoms with E-state index < -0.39 is 33.3 Å². The highest BCUT2D eigenvalue weighted by Gasteiger charge is 2.40. The van der Waals surface area contributed by atoms with Gasteiger partial charge in [0.05, 0.1) is 49.1 Å². The maximum atomic E-state index is 13.9. The van der Waals surface area contributed by atoms with Gasteiger partial charge in [0.1, 0.15) is 50.4 Å². The summed E-state index contributed by atoms with van der Waals surface area (Å²) in [7, 11) is -0.910. The number of amides is 1. The van der Waals surface area contributed by atoms with Gasteiger partial charge < -0.3 is 29.0 Å². The molecule has 1 N–H and O–H groups in total. The second kappa shape index (κ2) is 28.3. The molecule has 7 aromatic carbocycles. The van der Waals surface area contributed by atoms with Gasteiger partial charge in [-0.3, -0.25) is 9.69 Å². The molecule has 21 nitrogen and oxygen atoms in total. The Morgan fingerprint density at radius 1 is 0.648 bits per heavy atom. The molecule has 10 aromatic rings. The molecular weight excluding hydrogens is 1140 g/mol. The van der Waals surface area contributed by atoms with Crippen LogP contribution in [0.2, 0.25) is 0 Å². The number of carbonyl (C=O) groups is 2. The third-order valence-corrected chi connectivity index (χ3v) is 15.8. The van der Waals surface area contributed by atoms with E-state index in [1.807, 2.05) is 84.9 Å². The standard InChI is InChI=1S/C30H33N5O6S.C27H26N4O2.C9H7N3O/c1-30(2,3)41-29(36)34-16-15-22-17-27(40-19-21-11-7-5-8-12-21)26(39-4)18-24(22)25(34)20-42(37,38)28-31-32-33-35(28)23-13-9-6-10-14-23;1-32-26-16-24-22(15-27(26)33-17-21-5-3-2-4-6-21)13-14-29-25(24)12-9-20-7-10-23(11-8-20)31-19-28-18-30-31;13-5-8-1-3-9(4-2-8)12-7-10-6-11-12/h5-14,17-18,25H,15-16,19-20H2,1-4H3;2-12,15-16,18-19,25,29H,13-14,17H2,1H3;1-7H/b;12-9+;. The van der Waals surface area contributed by atoms with Gasteiger partial charge >= 0.3 is 6.09 Å². The largest absolute Gasteiger partial charge is 0.493 e. The Labute approximate surface area is 510 Å². The lowest BCUT2D eigenvalue weighted by Gasteiger charge is -2.38. The van der Waals surface area contributed by atoms with Crippen molar-refractivity contribution in [1.82, 2.24) is 60.0 Å². The molecule has 0 bridgehead atoms. The molecule has 2 unspecified atom stereocenters. The Morgan fingerprint density at radius 2 is 1.18 bits per heavy atom. The summed E-state index contributed by atoms with van der Waals surface area (Å²) in [6.45, 7) is 7.31. The highest BCUT2D eigenvalue weighted by atomic mass is 32.2. The molecule has 3 aromatic heterocycles. The zero-order valence-electron chi connectivity index (χ0n) is 49.2. The fourth-order valence-electron chi connectivity index (χ4n) is 9.93. The van der Waals surface area contributed by atoms with Gasteiger partial charge in [0.15, 0.2) is 23.0 Å². The van der Waals surface area contributed by atoms with E-state index in [2.05, 4.69) is 89.6 Å². The molecule has 2 aliphatic heterocycles. The first-order valence-corrected chi connectivity index (χ1v) is 30.0. The van der Waals surface area contributed by atoms with Crippen LogP contribution >= 0.6 is 0 Å². The maximum Gasteiger partial charge on any atom is 0.410 e. The zero-order chi connectivity index (χ0) is 61.5. The van der Waals surface area contributed by atoms with Gasteiger partial charge in [-0.25, -0.2) is 32.5 Å². The highest BCUT2D eigenvalue weighted by molar-refractivity contribution is 7.91. The molecule has 0 fully saturated rings. The Kier molecular flexibility index (Phi) is 19.5. The average molecular weight is 1200 g/mol. The van der Waals surface area contributed by atoms with Crippen LogP contribution in [-0.2, 0) is 40.6 Å². The normalized spacial score (nSPS) is 14.4. The number of hydrogen-bond donors (Lipinski definition) is 1. The van der Waals surface area contributed by atoms with Crippen molar-refractivity contribution in [2.45, 2.75) is 69.7 Å². The Bertz CT molecular complexity index is 4040. The third-order valence-electron chi connectivity index (χ3n) is 14.3. The van der Waals surface area contributed by atoms with Gasteiger partial charge in [0.2, 0.25) is 9.84 Å². The number of para-hydroxylation sites is 1. The fraction of sp³-hybridized carbons (Fsp3) is 0.227. The average Bonchev–Trinajstić information content (AvgIpc) is 2.62. The van der Waals surface area contributed by atoms with Crippen molar-refractivity contribution in [3.05, 3.63) is 240 Å². The number of fused-ring (bicyclic) bond motifs is 2. The molecule has 5 heterocycles. The zero-order valence-corrected chi connectivity index (χ0v) is 50.1. The fourth-order valence-corrected chi connectivity index (χ4v) is 11.4. The molecule has 0 radical (unpaired) electrons. The second-order valence-electron chi connectivity index (χ2n) is 21.4. The molecule has 450 valence electrons. The first-order valence-electron chi connectivity index (χ1n) is 28.3. The molecule has 2 atom stereocenters. The van der Waals surface area contributed by atoms with Crippen LogP contribution in [0.5, 0.6) is 23.0 Å². The van der Waals surface area contributed by atoms with Gasteiger partial charge in [0.25, 0.3) is 5.16 Å². The van der Waals surface area contributed by atoms with Crippen LogP contribution in [0.25, 0.3) is 23.1 Å². The predicted molar refractivity (Wildman–Crippen MR) is 330 cm³/mol. The van der Waals surface area contributed by atoms with E-state index in [4.69, 9.17) is 23.7 Å². The van der Waals surface area contributed by atoms with Gasteiger partial charge in [-0.15, -0.1) is 0 Å². The molecule has 0 aliphatic carbocycles. The smallest absolute Gasteiger partial charge is 0.410 e. The summed E-state index contributed by atoms with van der Waals surface area (Å²) in [5.74, 6) is 2.02. The van der Waals surface area contributed by atoms with Crippen LogP contribution < -0.4 is 24.3 Å². The van der Waals surface area contributed by atoms with E-state index in [1.54, 1.807) is 92.4 Å². The van der Waals surface area contributed by atoms with Gasteiger partial charge in [-0.1, -0.05) is 108 Å². The Balaban J connectivity index is 0.000000164. The number of nitrogens with one attached hydrogen (secondary N) is 1. The van der Waals surface area contributed by atoms with E-state index >= 15 is 0 Å². The minimum absolute atomic E-state index is 0.112. The van der Waals surface area contributed by atoms with Gasteiger partial charge in [-0.05, 0) is 156 Å². The minimum atomic E-state index is -4.12. The maximum absolute atomic E-state index is 13.9. The van der Waals surface area contributed by atoms with Crippen molar-refractivity contribution < 1.29 is 41.7 Å². The number of hydrogen-bond acceptors (Lipinski definition) is 17. The number of aldehydes is 1. The highest BCUT2D eigenvalue weighted by Crippen LogP contribution is 2.41. The van der Waals surface area contributed by atoms with E-state index in [1.165, 1.54) is 40.5 Å². The molecule has 12 rings (SSSR count). The number of carbonyl (C=O) groups excluding carboxylic acids is 2.